The van der Waals surface area contributed by atoms with E-state index in [1.807, 2.05) is 25.3 Å². The highest BCUT2D eigenvalue weighted by molar-refractivity contribution is 14.0. The third-order valence-corrected chi connectivity index (χ3v) is 5.28. The second-order valence-corrected chi connectivity index (χ2v) is 7.47. The molecule has 3 N–H and O–H groups in total. The highest BCUT2D eigenvalue weighted by Crippen LogP contribution is 2.30. The van der Waals surface area contributed by atoms with Crippen molar-refractivity contribution in [1.82, 2.24) is 20.6 Å². The summed E-state index contributed by atoms with van der Waals surface area (Å²) >= 11 is 1.03. The number of fused-ring (bicyclic) bond motifs is 1. The number of aromatic amines is 1. The lowest BCUT2D eigenvalue weighted by atomic mass is 10.1. The predicted octanol–water partition coefficient (Wildman–Crippen LogP) is 4.99. The van der Waals surface area contributed by atoms with Crippen LogP contribution in [0.2, 0.25) is 0 Å². The molecule has 3 aromatic rings. The van der Waals surface area contributed by atoms with Crippen LogP contribution in [0.4, 0.5) is 13.2 Å². The average Bonchev–Trinajstić information content (AvgIpc) is 3.32. The van der Waals surface area contributed by atoms with Gasteiger partial charge in [-0.1, -0.05) is 18.2 Å². The van der Waals surface area contributed by atoms with E-state index in [0.717, 1.165) is 35.1 Å². The third kappa shape index (κ3) is 6.86. The number of halogens is 4. The molecule has 0 aliphatic heterocycles. The molecule has 10 heteroatoms. The van der Waals surface area contributed by atoms with E-state index in [2.05, 4.69) is 37.7 Å². The Hall–Kier alpha value is -1.82. The van der Waals surface area contributed by atoms with E-state index in [1.54, 1.807) is 0 Å². The zero-order valence-corrected chi connectivity index (χ0v) is 19.7. The SMILES string of the molecule is CCNC(=NCCCc1c[nH]c2ccccc12)NCCc1nc(C(F)(F)F)cs1.I. The van der Waals surface area contributed by atoms with E-state index < -0.39 is 11.9 Å². The minimum atomic E-state index is -4.39. The molecule has 2 heterocycles. The van der Waals surface area contributed by atoms with Crippen LogP contribution in [0.5, 0.6) is 0 Å². The molecular weight excluding hydrogens is 526 g/mol. The summed E-state index contributed by atoms with van der Waals surface area (Å²) in [5, 5.41) is 9.07. The molecule has 1 aromatic carbocycles. The molecular formula is C20H25F3IN5S. The Morgan fingerprint density at radius 1 is 1.20 bits per heavy atom. The largest absolute Gasteiger partial charge is 0.434 e. The zero-order chi connectivity index (χ0) is 20.7. The molecule has 164 valence electrons. The Labute approximate surface area is 194 Å². The van der Waals surface area contributed by atoms with Crippen LogP contribution < -0.4 is 10.6 Å². The van der Waals surface area contributed by atoms with Gasteiger partial charge in [0.05, 0.1) is 5.01 Å². The molecule has 5 nitrogen and oxygen atoms in total. The van der Waals surface area contributed by atoms with Gasteiger partial charge < -0.3 is 15.6 Å². The van der Waals surface area contributed by atoms with E-state index in [9.17, 15) is 13.2 Å². The molecule has 30 heavy (non-hydrogen) atoms. The molecule has 0 saturated heterocycles. The molecule has 0 aliphatic carbocycles. The standard InChI is InChI=1S/C20H24F3N5S.HI/c1-2-24-19(26-11-9-18-28-17(13-29-18)20(21,22)23)25-10-5-6-14-12-27-16-8-4-3-7-15(14)16;/h3-4,7-8,12-13,27H,2,5-6,9-11H2,1H3,(H2,24,25,26);1H. The summed E-state index contributed by atoms with van der Waals surface area (Å²) in [5.74, 6) is 0.666. The summed E-state index contributed by atoms with van der Waals surface area (Å²) in [6.45, 7) is 3.81. The van der Waals surface area contributed by atoms with Crippen LogP contribution in [0.15, 0.2) is 40.8 Å². The van der Waals surface area contributed by atoms with Crippen LogP contribution in [0.1, 0.15) is 29.6 Å². The fraction of sp³-hybridized carbons (Fsp3) is 0.400. The van der Waals surface area contributed by atoms with Crippen molar-refractivity contribution in [3.8, 4) is 0 Å². The van der Waals surface area contributed by atoms with Crippen molar-refractivity contribution in [3.05, 3.63) is 52.1 Å². The van der Waals surface area contributed by atoms with Gasteiger partial charge in [-0.15, -0.1) is 35.3 Å². The normalized spacial score (nSPS) is 12.1. The molecule has 0 aliphatic rings. The Bertz CT molecular complexity index is 951. The smallest absolute Gasteiger partial charge is 0.361 e. The van der Waals surface area contributed by atoms with E-state index in [-0.39, 0.29) is 24.0 Å². The van der Waals surface area contributed by atoms with Gasteiger partial charge in [0.25, 0.3) is 0 Å². The fourth-order valence-corrected chi connectivity index (χ4v) is 3.79. The predicted molar refractivity (Wildman–Crippen MR) is 127 cm³/mol. The summed E-state index contributed by atoms with van der Waals surface area (Å²) in [5.41, 5.74) is 1.59. The first-order chi connectivity index (χ1) is 14.0. The van der Waals surface area contributed by atoms with Crippen molar-refractivity contribution in [1.29, 1.82) is 0 Å². The number of rotatable bonds is 8. The minimum absolute atomic E-state index is 0. The molecule has 0 saturated carbocycles. The molecule has 0 spiro atoms. The maximum atomic E-state index is 12.6. The van der Waals surface area contributed by atoms with E-state index in [4.69, 9.17) is 0 Å². The van der Waals surface area contributed by atoms with Gasteiger partial charge in [-0.05, 0) is 31.4 Å². The molecule has 2 aromatic heterocycles. The molecule has 0 atom stereocenters. The topological polar surface area (TPSA) is 65.1 Å². The lowest BCUT2D eigenvalue weighted by Crippen LogP contribution is -2.38. The van der Waals surface area contributed by atoms with Crippen molar-refractivity contribution in [3.63, 3.8) is 0 Å². The number of aromatic nitrogens is 2. The van der Waals surface area contributed by atoms with Crippen LogP contribution in [-0.2, 0) is 19.0 Å². The Kier molecular flexibility index (Phi) is 9.40. The van der Waals surface area contributed by atoms with Crippen molar-refractivity contribution in [2.75, 3.05) is 19.6 Å². The van der Waals surface area contributed by atoms with E-state index in [0.29, 0.717) is 37.0 Å². The molecule has 0 unspecified atom stereocenters. The number of nitrogens with one attached hydrogen (secondary N) is 3. The number of hydrogen-bond acceptors (Lipinski definition) is 3. The second-order valence-electron chi connectivity index (χ2n) is 6.52. The van der Waals surface area contributed by atoms with Crippen molar-refractivity contribution < 1.29 is 13.2 Å². The van der Waals surface area contributed by atoms with Crippen molar-refractivity contribution in [2.45, 2.75) is 32.4 Å². The molecule has 0 fully saturated rings. The van der Waals surface area contributed by atoms with Gasteiger partial charge in [0.1, 0.15) is 0 Å². The fourth-order valence-electron chi connectivity index (χ4n) is 2.98. The zero-order valence-electron chi connectivity index (χ0n) is 16.6. The number of H-pyrrole nitrogens is 1. The minimum Gasteiger partial charge on any atom is -0.361 e. The van der Waals surface area contributed by atoms with Gasteiger partial charge in [0, 0.05) is 48.5 Å². The summed E-state index contributed by atoms with van der Waals surface area (Å²) in [4.78, 5) is 11.5. The molecule has 3 rings (SSSR count). The Balaban J connectivity index is 0.00000320. The average molecular weight is 551 g/mol. The van der Waals surface area contributed by atoms with Gasteiger partial charge in [0.15, 0.2) is 11.7 Å². The van der Waals surface area contributed by atoms with Crippen molar-refractivity contribution in [2.24, 2.45) is 4.99 Å². The monoisotopic (exact) mass is 551 g/mol. The number of aliphatic imine (C=N–C) groups is 1. The quantitative estimate of drug-likeness (QED) is 0.160. The lowest BCUT2D eigenvalue weighted by Gasteiger charge is -2.10. The highest BCUT2D eigenvalue weighted by atomic mass is 127. The van der Waals surface area contributed by atoms with Crippen LogP contribution in [0.25, 0.3) is 10.9 Å². The highest BCUT2D eigenvalue weighted by Gasteiger charge is 2.33. The van der Waals surface area contributed by atoms with Gasteiger partial charge in [-0.3, -0.25) is 4.99 Å². The number of thiazole rings is 1. The Morgan fingerprint density at radius 2 is 2.00 bits per heavy atom. The first-order valence-electron chi connectivity index (χ1n) is 9.56. The summed E-state index contributed by atoms with van der Waals surface area (Å²) in [7, 11) is 0. The summed E-state index contributed by atoms with van der Waals surface area (Å²) in [6, 6.07) is 8.21. The maximum Gasteiger partial charge on any atom is 0.434 e. The summed E-state index contributed by atoms with van der Waals surface area (Å²) in [6.07, 6.45) is -0.100. The van der Waals surface area contributed by atoms with Gasteiger partial charge >= 0.3 is 6.18 Å². The molecule has 0 amide bonds. The number of benzene rings is 1. The van der Waals surface area contributed by atoms with Gasteiger partial charge in [0.2, 0.25) is 0 Å². The maximum absolute atomic E-state index is 12.6. The number of guanidine groups is 1. The summed E-state index contributed by atoms with van der Waals surface area (Å²) < 4.78 is 37.8. The first-order valence-corrected chi connectivity index (χ1v) is 10.4. The van der Waals surface area contributed by atoms with Crippen molar-refractivity contribution >= 4 is 52.2 Å². The second kappa shape index (κ2) is 11.5. The number of aryl methyl sites for hydroxylation is 1. The van der Waals surface area contributed by atoms with E-state index >= 15 is 0 Å². The number of hydrogen-bond donors (Lipinski definition) is 3. The molecule has 0 radical (unpaired) electrons. The van der Waals surface area contributed by atoms with Gasteiger partial charge in [-0.25, -0.2) is 4.98 Å². The third-order valence-electron chi connectivity index (χ3n) is 4.37. The van der Waals surface area contributed by atoms with E-state index in [1.165, 1.54) is 10.9 Å². The Morgan fingerprint density at radius 3 is 2.73 bits per heavy atom. The first kappa shape index (κ1) is 24.4. The number of alkyl halides is 3. The van der Waals surface area contributed by atoms with Gasteiger partial charge in [-0.2, -0.15) is 13.2 Å². The number of nitrogens with zero attached hydrogens (tertiary/aromatic N) is 2. The van der Waals surface area contributed by atoms with Crippen LogP contribution in [0, 0.1) is 0 Å². The number of para-hydroxylation sites is 1. The molecule has 0 bridgehead atoms. The van der Waals surface area contributed by atoms with Crippen LogP contribution >= 0.6 is 35.3 Å². The lowest BCUT2D eigenvalue weighted by molar-refractivity contribution is -0.140. The van der Waals surface area contributed by atoms with Crippen LogP contribution in [-0.4, -0.2) is 35.6 Å². The van der Waals surface area contributed by atoms with Crippen LogP contribution in [0.3, 0.4) is 0 Å².